The van der Waals surface area contributed by atoms with Crippen LogP contribution in [0, 0.1) is 0 Å². The molecule has 4 nitrogen and oxygen atoms in total. The SMILES string of the molecule is CCOC(=O)C(C)(CSC(C)CO)NC(C)C. The molecule has 0 rings (SSSR count). The fraction of sp³-hybridized carbons (Fsp3) is 0.917. The monoisotopic (exact) mass is 263 g/mol. The minimum Gasteiger partial charge on any atom is -0.465 e. The van der Waals surface area contributed by atoms with Gasteiger partial charge in [0.2, 0.25) is 0 Å². The number of hydrogen-bond donors (Lipinski definition) is 2. The Morgan fingerprint density at radius 1 is 1.47 bits per heavy atom. The summed E-state index contributed by atoms with van der Waals surface area (Å²) in [5.74, 6) is 0.359. The van der Waals surface area contributed by atoms with Crippen molar-refractivity contribution in [2.75, 3.05) is 19.0 Å². The number of ether oxygens (including phenoxy) is 1. The Bertz CT molecular complexity index is 236. The van der Waals surface area contributed by atoms with Crippen molar-refractivity contribution in [2.24, 2.45) is 0 Å². The maximum absolute atomic E-state index is 11.9. The van der Waals surface area contributed by atoms with Gasteiger partial charge in [-0.15, -0.1) is 0 Å². The summed E-state index contributed by atoms with van der Waals surface area (Å²) in [6.45, 7) is 10.1. The van der Waals surface area contributed by atoms with E-state index in [1.165, 1.54) is 0 Å². The van der Waals surface area contributed by atoms with Gasteiger partial charge in [-0.1, -0.05) is 6.92 Å². The molecule has 0 aliphatic carbocycles. The molecule has 0 heterocycles. The largest absolute Gasteiger partial charge is 0.465 e. The van der Waals surface area contributed by atoms with E-state index in [-0.39, 0.29) is 23.9 Å². The molecule has 0 saturated heterocycles. The van der Waals surface area contributed by atoms with Crippen LogP contribution in [0.4, 0.5) is 0 Å². The van der Waals surface area contributed by atoms with E-state index in [0.29, 0.717) is 12.4 Å². The van der Waals surface area contributed by atoms with Gasteiger partial charge in [0.1, 0.15) is 5.54 Å². The van der Waals surface area contributed by atoms with Crippen molar-refractivity contribution in [3.8, 4) is 0 Å². The van der Waals surface area contributed by atoms with Crippen molar-refractivity contribution in [1.82, 2.24) is 5.32 Å². The number of thioether (sulfide) groups is 1. The number of aliphatic hydroxyl groups is 1. The minimum atomic E-state index is -0.696. The van der Waals surface area contributed by atoms with Gasteiger partial charge >= 0.3 is 5.97 Å². The molecule has 0 aliphatic heterocycles. The first kappa shape index (κ1) is 16.7. The molecule has 102 valence electrons. The summed E-state index contributed by atoms with van der Waals surface area (Å²) in [5.41, 5.74) is -0.696. The standard InChI is InChI=1S/C12H25NO3S/c1-6-16-11(15)12(5,13-9(2)3)8-17-10(4)7-14/h9-10,13-14H,6-8H2,1-5H3. The van der Waals surface area contributed by atoms with Gasteiger partial charge < -0.3 is 9.84 Å². The molecule has 0 spiro atoms. The molecule has 0 aromatic carbocycles. The molecule has 0 aromatic rings. The van der Waals surface area contributed by atoms with Crippen molar-refractivity contribution in [2.45, 2.75) is 51.4 Å². The Hall–Kier alpha value is -0.260. The van der Waals surface area contributed by atoms with E-state index in [0.717, 1.165) is 0 Å². The highest BCUT2D eigenvalue weighted by molar-refractivity contribution is 8.00. The van der Waals surface area contributed by atoms with Gasteiger partial charge in [0, 0.05) is 17.0 Å². The Morgan fingerprint density at radius 2 is 2.06 bits per heavy atom. The molecule has 17 heavy (non-hydrogen) atoms. The molecule has 0 saturated carbocycles. The summed E-state index contributed by atoms with van der Waals surface area (Å²) < 4.78 is 5.10. The second kappa shape index (κ2) is 7.95. The number of nitrogens with one attached hydrogen (secondary N) is 1. The summed E-state index contributed by atoms with van der Waals surface area (Å²) >= 11 is 1.57. The number of hydrogen-bond acceptors (Lipinski definition) is 5. The average Bonchev–Trinajstić information content (AvgIpc) is 2.25. The predicted molar refractivity (Wildman–Crippen MR) is 72.3 cm³/mol. The first-order valence-corrected chi connectivity index (χ1v) is 7.08. The Balaban J connectivity index is 4.54. The predicted octanol–water partition coefficient (Wildman–Crippen LogP) is 1.42. The minimum absolute atomic E-state index is 0.116. The molecule has 0 fully saturated rings. The second-order valence-corrected chi connectivity index (χ2v) is 6.08. The van der Waals surface area contributed by atoms with Crippen molar-refractivity contribution < 1.29 is 14.6 Å². The van der Waals surface area contributed by atoms with Crippen LogP contribution in [0.5, 0.6) is 0 Å². The first-order chi connectivity index (χ1) is 7.85. The molecule has 2 unspecified atom stereocenters. The summed E-state index contributed by atoms with van der Waals surface area (Å²) in [6, 6.07) is 0.203. The van der Waals surface area contributed by atoms with Crippen LogP contribution in [0.3, 0.4) is 0 Å². The van der Waals surface area contributed by atoms with Crippen LogP contribution < -0.4 is 5.32 Å². The summed E-state index contributed by atoms with van der Waals surface area (Å²) in [4.78, 5) is 11.9. The maximum atomic E-state index is 11.9. The Kier molecular flexibility index (Phi) is 7.83. The van der Waals surface area contributed by atoms with Crippen LogP contribution in [0.15, 0.2) is 0 Å². The lowest BCUT2D eigenvalue weighted by Crippen LogP contribution is -2.55. The van der Waals surface area contributed by atoms with Crippen LogP contribution in [0.25, 0.3) is 0 Å². The van der Waals surface area contributed by atoms with Gasteiger partial charge in [-0.3, -0.25) is 10.1 Å². The van der Waals surface area contributed by atoms with Gasteiger partial charge in [0.05, 0.1) is 13.2 Å². The van der Waals surface area contributed by atoms with E-state index >= 15 is 0 Å². The fourth-order valence-corrected chi connectivity index (χ4v) is 2.37. The van der Waals surface area contributed by atoms with Crippen LogP contribution >= 0.6 is 11.8 Å². The third-order valence-corrected chi connectivity index (χ3v) is 3.71. The number of carbonyl (C=O) groups is 1. The molecular formula is C12H25NO3S. The van der Waals surface area contributed by atoms with Gasteiger partial charge in [-0.05, 0) is 27.7 Å². The van der Waals surface area contributed by atoms with Crippen LogP contribution in [0.2, 0.25) is 0 Å². The fourth-order valence-electron chi connectivity index (χ4n) is 1.45. The number of aliphatic hydroxyl groups excluding tert-OH is 1. The summed E-state index contributed by atoms with van der Waals surface area (Å²) in [5, 5.41) is 12.4. The van der Waals surface area contributed by atoms with E-state index in [1.807, 2.05) is 27.7 Å². The molecule has 2 N–H and O–H groups in total. The third-order valence-electron chi connectivity index (χ3n) is 2.25. The Morgan fingerprint density at radius 3 is 2.47 bits per heavy atom. The lowest BCUT2D eigenvalue weighted by molar-refractivity contribution is -0.149. The van der Waals surface area contributed by atoms with Gasteiger partial charge in [-0.25, -0.2) is 0 Å². The maximum Gasteiger partial charge on any atom is 0.326 e. The van der Waals surface area contributed by atoms with Gasteiger partial charge in [0.15, 0.2) is 0 Å². The van der Waals surface area contributed by atoms with Crippen LogP contribution in [-0.4, -0.2) is 46.9 Å². The molecule has 5 heteroatoms. The zero-order chi connectivity index (χ0) is 13.5. The summed E-state index contributed by atoms with van der Waals surface area (Å²) in [6.07, 6.45) is 0. The normalized spacial score (nSPS) is 16.6. The van der Waals surface area contributed by atoms with E-state index < -0.39 is 5.54 Å². The number of esters is 1. The second-order valence-electron chi connectivity index (χ2n) is 4.66. The molecule has 0 aliphatic rings. The molecule has 0 amide bonds. The Labute approximate surface area is 108 Å². The zero-order valence-electron chi connectivity index (χ0n) is 11.4. The van der Waals surface area contributed by atoms with Crippen molar-refractivity contribution in [3.63, 3.8) is 0 Å². The number of carbonyl (C=O) groups excluding carboxylic acids is 1. The van der Waals surface area contributed by atoms with Crippen LogP contribution in [0.1, 0.15) is 34.6 Å². The molecule has 0 bridgehead atoms. The van der Waals surface area contributed by atoms with E-state index in [9.17, 15) is 4.79 Å². The smallest absolute Gasteiger partial charge is 0.326 e. The van der Waals surface area contributed by atoms with E-state index in [2.05, 4.69) is 5.32 Å². The van der Waals surface area contributed by atoms with Crippen molar-refractivity contribution >= 4 is 17.7 Å². The van der Waals surface area contributed by atoms with Crippen LogP contribution in [-0.2, 0) is 9.53 Å². The van der Waals surface area contributed by atoms with Crippen molar-refractivity contribution in [1.29, 1.82) is 0 Å². The molecular weight excluding hydrogens is 238 g/mol. The highest BCUT2D eigenvalue weighted by atomic mass is 32.2. The van der Waals surface area contributed by atoms with E-state index in [1.54, 1.807) is 18.7 Å². The topological polar surface area (TPSA) is 58.6 Å². The first-order valence-electron chi connectivity index (χ1n) is 6.03. The van der Waals surface area contributed by atoms with Gasteiger partial charge in [0.25, 0.3) is 0 Å². The average molecular weight is 263 g/mol. The molecule has 0 aromatic heterocycles. The number of rotatable bonds is 8. The lowest BCUT2D eigenvalue weighted by atomic mass is 10.0. The highest BCUT2D eigenvalue weighted by Gasteiger charge is 2.35. The zero-order valence-corrected chi connectivity index (χ0v) is 12.3. The van der Waals surface area contributed by atoms with E-state index in [4.69, 9.17) is 9.84 Å². The highest BCUT2D eigenvalue weighted by Crippen LogP contribution is 2.20. The quantitative estimate of drug-likeness (QED) is 0.649. The lowest BCUT2D eigenvalue weighted by Gasteiger charge is -2.31. The molecule has 2 atom stereocenters. The molecule has 0 radical (unpaired) electrons. The van der Waals surface area contributed by atoms with Crippen molar-refractivity contribution in [3.05, 3.63) is 0 Å². The third kappa shape index (κ3) is 6.29. The summed E-state index contributed by atoms with van der Waals surface area (Å²) in [7, 11) is 0. The van der Waals surface area contributed by atoms with Gasteiger partial charge in [-0.2, -0.15) is 11.8 Å².